The third-order valence-electron chi connectivity index (χ3n) is 5.44. The van der Waals surface area contributed by atoms with Gasteiger partial charge in [-0.3, -0.25) is 14.4 Å². The van der Waals surface area contributed by atoms with Gasteiger partial charge in [0.15, 0.2) is 0 Å². The maximum atomic E-state index is 12.2. The first-order chi connectivity index (χ1) is 10.0. The Balaban J connectivity index is 1.70. The topological polar surface area (TPSA) is 50.2 Å². The van der Waals surface area contributed by atoms with Crippen molar-refractivity contribution in [3.63, 3.8) is 0 Å². The van der Waals surface area contributed by atoms with Gasteiger partial charge in [-0.25, -0.2) is 0 Å². The maximum absolute atomic E-state index is 12.2. The van der Waals surface area contributed by atoms with E-state index in [1.54, 1.807) is 7.05 Å². The summed E-state index contributed by atoms with van der Waals surface area (Å²) in [5.74, 6) is 0.453. The molecule has 1 aliphatic carbocycles. The Labute approximate surface area is 126 Å². The summed E-state index contributed by atoms with van der Waals surface area (Å²) in [6.45, 7) is 5.19. The van der Waals surface area contributed by atoms with Crippen molar-refractivity contribution in [2.75, 3.05) is 20.1 Å². The van der Waals surface area contributed by atoms with Crippen LogP contribution in [0.1, 0.15) is 36.9 Å². The quantitative estimate of drug-likeness (QED) is 0.917. The Hall–Kier alpha value is -1.36. The van der Waals surface area contributed by atoms with Crippen molar-refractivity contribution in [1.29, 1.82) is 0 Å². The van der Waals surface area contributed by atoms with E-state index in [0.29, 0.717) is 0 Å². The van der Waals surface area contributed by atoms with Crippen molar-refractivity contribution in [2.24, 2.45) is 18.4 Å². The average molecular weight is 290 g/mol. The SMILES string of the molecule is CNC(=O)[C@@H]1CCC[C@]12CCN(Cc1cn(C)nc1C)C2. The molecule has 1 aliphatic heterocycles. The molecule has 21 heavy (non-hydrogen) atoms. The van der Waals surface area contributed by atoms with Gasteiger partial charge in [-0.05, 0) is 38.1 Å². The molecule has 1 aromatic heterocycles. The van der Waals surface area contributed by atoms with Gasteiger partial charge in [0.1, 0.15) is 0 Å². The monoisotopic (exact) mass is 290 g/mol. The fourth-order valence-corrected chi connectivity index (χ4v) is 4.37. The molecule has 5 nitrogen and oxygen atoms in total. The zero-order valence-corrected chi connectivity index (χ0v) is 13.4. The third-order valence-corrected chi connectivity index (χ3v) is 5.44. The van der Waals surface area contributed by atoms with E-state index in [1.807, 2.05) is 11.7 Å². The van der Waals surface area contributed by atoms with E-state index in [4.69, 9.17) is 0 Å². The summed E-state index contributed by atoms with van der Waals surface area (Å²) in [7, 11) is 3.74. The van der Waals surface area contributed by atoms with E-state index < -0.39 is 0 Å². The van der Waals surface area contributed by atoms with Crippen molar-refractivity contribution in [3.05, 3.63) is 17.5 Å². The highest BCUT2D eigenvalue weighted by atomic mass is 16.1. The Morgan fingerprint density at radius 1 is 1.52 bits per heavy atom. The van der Waals surface area contributed by atoms with Crippen LogP contribution in [0.4, 0.5) is 0 Å². The lowest BCUT2D eigenvalue weighted by atomic mass is 9.76. The van der Waals surface area contributed by atoms with Crippen LogP contribution in [-0.2, 0) is 18.4 Å². The molecule has 1 saturated heterocycles. The maximum Gasteiger partial charge on any atom is 0.223 e. The minimum absolute atomic E-state index is 0.211. The summed E-state index contributed by atoms with van der Waals surface area (Å²) in [6, 6.07) is 0. The minimum Gasteiger partial charge on any atom is -0.359 e. The van der Waals surface area contributed by atoms with E-state index in [9.17, 15) is 4.79 Å². The lowest BCUT2D eigenvalue weighted by Gasteiger charge is -2.30. The van der Waals surface area contributed by atoms with Crippen LogP contribution in [0, 0.1) is 18.3 Å². The zero-order valence-electron chi connectivity index (χ0n) is 13.4. The van der Waals surface area contributed by atoms with E-state index in [2.05, 4.69) is 28.4 Å². The van der Waals surface area contributed by atoms with Gasteiger partial charge in [-0.15, -0.1) is 0 Å². The summed E-state index contributed by atoms with van der Waals surface area (Å²) < 4.78 is 1.89. The lowest BCUT2D eigenvalue weighted by Crippen LogP contribution is -2.39. The standard InChI is InChI=1S/C16H26N4O/c1-12-13(9-19(3)18-12)10-20-8-7-16(11-20)6-4-5-14(16)15(21)17-2/h9,14H,4-8,10-11H2,1-3H3,(H,17,21)/t14-,16+/m0/s1. The number of likely N-dealkylation sites (tertiary alicyclic amines) is 1. The van der Waals surface area contributed by atoms with Crippen LogP contribution >= 0.6 is 0 Å². The minimum atomic E-state index is 0.211. The van der Waals surface area contributed by atoms with E-state index in [1.165, 1.54) is 18.4 Å². The van der Waals surface area contributed by atoms with Gasteiger partial charge < -0.3 is 5.32 Å². The normalized spacial score (nSPS) is 29.4. The van der Waals surface area contributed by atoms with Crippen molar-refractivity contribution in [1.82, 2.24) is 20.0 Å². The van der Waals surface area contributed by atoms with E-state index in [0.717, 1.165) is 38.2 Å². The van der Waals surface area contributed by atoms with Gasteiger partial charge >= 0.3 is 0 Å². The molecule has 2 aliphatic rings. The fraction of sp³-hybridized carbons (Fsp3) is 0.750. The van der Waals surface area contributed by atoms with Crippen molar-refractivity contribution in [2.45, 2.75) is 39.2 Å². The molecule has 0 unspecified atom stereocenters. The number of nitrogens with one attached hydrogen (secondary N) is 1. The van der Waals surface area contributed by atoms with Crippen LogP contribution in [0.25, 0.3) is 0 Å². The number of amides is 1. The van der Waals surface area contributed by atoms with Gasteiger partial charge in [0.2, 0.25) is 5.91 Å². The van der Waals surface area contributed by atoms with E-state index >= 15 is 0 Å². The molecule has 1 saturated carbocycles. The molecule has 1 N–H and O–H groups in total. The summed E-state index contributed by atoms with van der Waals surface area (Å²) in [5.41, 5.74) is 2.65. The number of aromatic nitrogens is 2. The first-order valence-electron chi connectivity index (χ1n) is 7.97. The molecule has 1 amide bonds. The highest BCUT2D eigenvalue weighted by Gasteiger charge is 2.49. The second-order valence-electron chi connectivity index (χ2n) is 6.80. The van der Waals surface area contributed by atoms with Crippen LogP contribution in [0.5, 0.6) is 0 Å². The highest BCUT2D eigenvalue weighted by molar-refractivity contribution is 5.79. The third kappa shape index (κ3) is 2.59. The van der Waals surface area contributed by atoms with Crippen LogP contribution in [-0.4, -0.2) is 40.7 Å². The van der Waals surface area contributed by atoms with Crippen LogP contribution < -0.4 is 5.32 Å². The molecule has 2 heterocycles. The fourth-order valence-electron chi connectivity index (χ4n) is 4.37. The van der Waals surface area contributed by atoms with Crippen LogP contribution in [0.2, 0.25) is 0 Å². The predicted molar refractivity (Wildman–Crippen MR) is 81.7 cm³/mol. The van der Waals surface area contributed by atoms with Gasteiger partial charge in [0.25, 0.3) is 0 Å². The van der Waals surface area contributed by atoms with Crippen LogP contribution in [0.15, 0.2) is 6.20 Å². The first-order valence-corrected chi connectivity index (χ1v) is 7.97. The predicted octanol–water partition coefficient (Wildman–Crippen LogP) is 1.47. The average Bonchev–Trinajstić information content (AvgIpc) is 3.12. The van der Waals surface area contributed by atoms with Gasteiger partial charge in [0.05, 0.1) is 5.69 Å². The Morgan fingerprint density at radius 2 is 2.33 bits per heavy atom. The Morgan fingerprint density at radius 3 is 3.00 bits per heavy atom. The number of carbonyl (C=O) groups is 1. The summed E-state index contributed by atoms with van der Waals surface area (Å²) in [5, 5.41) is 7.29. The van der Waals surface area contributed by atoms with Crippen molar-refractivity contribution >= 4 is 5.91 Å². The Kier molecular flexibility index (Phi) is 3.78. The molecule has 1 aromatic rings. The number of carbonyl (C=O) groups excluding carboxylic acids is 1. The number of rotatable bonds is 3. The summed E-state index contributed by atoms with van der Waals surface area (Å²) in [4.78, 5) is 14.7. The number of hydrogen-bond donors (Lipinski definition) is 1. The smallest absolute Gasteiger partial charge is 0.223 e. The molecule has 2 fully saturated rings. The first kappa shape index (κ1) is 14.6. The molecule has 0 aromatic carbocycles. The molecule has 0 radical (unpaired) electrons. The Bertz CT molecular complexity index is 538. The largest absolute Gasteiger partial charge is 0.359 e. The lowest BCUT2D eigenvalue weighted by molar-refractivity contribution is -0.127. The highest BCUT2D eigenvalue weighted by Crippen LogP contribution is 2.50. The molecule has 1 spiro atoms. The second-order valence-corrected chi connectivity index (χ2v) is 6.80. The molecular formula is C16H26N4O. The number of aryl methyl sites for hydroxylation is 2. The summed E-state index contributed by atoms with van der Waals surface area (Å²) in [6.07, 6.45) is 6.72. The molecule has 0 bridgehead atoms. The summed E-state index contributed by atoms with van der Waals surface area (Å²) >= 11 is 0. The van der Waals surface area contributed by atoms with E-state index in [-0.39, 0.29) is 17.2 Å². The molecule has 2 atom stereocenters. The van der Waals surface area contributed by atoms with Gasteiger partial charge in [0, 0.05) is 44.9 Å². The number of hydrogen-bond acceptors (Lipinski definition) is 3. The number of nitrogens with zero attached hydrogens (tertiary/aromatic N) is 3. The van der Waals surface area contributed by atoms with Crippen LogP contribution in [0.3, 0.4) is 0 Å². The van der Waals surface area contributed by atoms with Crippen molar-refractivity contribution < 1.29 is 4.79 Å². The molecular weight excluding hydrogens is 264 g/mol. The molecule has 5 heteroatoms. The second kappa shape index (κ2) is 5.44. The molecule has 3 rings (SSSR count). The van der Waals surface area contributed by atoms with Gasteiger partial charge in [-0.1, -0.05) is 6.42 Å². The molecule has 116 valence electrons. The zero-order chi connectivity index (χ0) is 15.0. The van der Waals surface area contributed by atoms with Gasteiger partial charge in [-0.2, -0.15) is 5.10 Å². The van der Waals surface area contributed by atoms with Crippen molar-refractivity contribution in [3.8, 4) is 0 Å².